The third-order valence-corrected chi connectivity index (χ3v) is 5.50. The van der Waals surface area contributed by atoms with Crippen LogP contribution < -0.4 is 0 Å². The number of aldehydes is 1. The number of hydrogen-bond acceptors (Lipinski definition) is 7. The SMILES string of the molecule is CC(CCC(=O)ON1C(=O)CCC1=O)SSCCC=O. The van der Waals surface area contributed by atoms with Gasteiger partial charge in [0.1, 0.15) is 6.29 Å². The zero-order valence-corrected chi connectivity index (χ0v) is 12.8. The standard InChI is InChI=1S/C12H17NO5S2/c1-9(20-19-8-2-7-14)3-6-12(17)18-13-10(15)4-5-11(13)16/h7,9H,2-6,8H2,1H3. The topological polar surface area (TPSA) is 80.8 Å². The second-order valence-corrected chi connectivity index (χ2v) is 7.19. The maximum atomic E-state index is 11.5. The van der Waals surface area contributed by atoms with E-state index < -0.39 is 17.8 Å². The summed E-state index contributed by atoms with van der Waals surface area (Å²) in [5, 5.41) is 0.795. The fourth-order valence-electron chi connectivity index (χ4n) is 1.44. The third kappa shape index (κ3) is 5.96. The number of hydrogen-bond donors (Lipinski definition) is 0. The summed E-state index contributed by atoms with van der Waals surface area (Å²) in [5.41, 5.74) is 0. The van der Waals surface area contributed by atoms with Crippen LogP contribution in [0.1, 0.15) is 39.0 Å². The number of carbonyl (C=O) groups excluding carboxylic acids is 4. The molecule has 1 aliphatic rings. The molecule has 0 aromatic rings. The molecule has 20 heavy (non-hydrogen) atoms. The average molecular weight is 319 g/mol. The molecule has 1 rings (SSSR count). The van der Waals surface area contributed by atoms with Crippen LogP contribution in [0.5, 0.6) is 0 Å². The van der Waals surface area contributed by atoms with Gasteiger partial charge in [0.2, 0.25) is 0 Å². The summed E-state index contributed by atoms with van der Waals surface area (Å²) in [5.74, 6) is -0.746. The lowest BCUT2D eigenvalue weighted by molar-refractivity contribution is -0.197. The van der Waals surface area contributed by atoms with Crippen LogP contribution >= 0.6 is 21.6 Å². The summed E-state index contributed by atoms with van der Waals surface area (Å²) >= 11 is 0. The number of amides is 2. The van der Waals surface area contributed by atoms with Crippen molar-refractivity contribution in [1.29, 1.82) is 0 Å². The molecule has 0 aromatic carbocycles. The van der Waals surface area contributed by atoms with Crippen molar-refractivity contribution in [2.24, 2.45) is 0 Å². The van der Waals surface area contributed by atoms with Crippen LogP contribution in [0.15, 0.2) is 0 Å². The van der Waals surface area contributed by atoms with Crippen LogP contribution in [0.4, 0.5) is 0 Å². The number of nitrogens with zero attached hydrogens (tertiary/aromatic N) is 1. The molecular formula is C12H17NO5S2. The van der Waals surface area contributed by atoms with E-state index in [0.717, 1.165) is 12.0 Å². The molecule has 0 saturated carbocycles. The van der Waals surface area contributed by atoms with Gasteiger partial charge in [0, 0.05) is 36.7 Å². The Morgan fingerprint density at radius 1 is 1.40 bits per heavy atom. The molecule has 112 valence electrons. The average Bonchev–Trinajstić information content (AvgIpc) is 2.73. The van der Waals surface area contributed by atoms with E-state index >= 15 is 0 Å². The molecule has 8 heteroatoms. The lowest BCUT2D eigenvalue weighted by Crippen LogP contribution is -2.32. The van der Waals surface area contributed by atoms with Gasteiger partial charge in [-0.05, 0) is 6.42 Å². The molecular weight excluding hydrogens is 302 g/mol. The lowest BCUT2D eigenvalue weighted by Gasteiger charge is -2.13. The Balaban J connectivity index is 2.17. The highest BCUT2D eigenvalue weighted by atomic mass is 33.1. The van der Waals surface area contributed by atoms with Crippen LogP contribution in [-0.2, 0) is 24.0 Å². The molecule has 0 aliphatic carbocycles. The van der Waals surface area contributed by atoms with Gasteiger partial charge >= 0.3 is 5.97 Å². The normalized spacial score (nSPS) is 16.4. The first-order chi connectivity index (χ1) is 9.54. The third-order valence-electron chi connectivity index (χ3n) is 2.51. The van der Waals surface area contributed by atoms with E-state index in [4.69, 9.17) is 4.84 Å². The Kier molecular flexibility index (Phi) is 7.68. The highest BCUT2D eigenvalue weighted by molar-refractivity contribution is 8.76. The number of hydroxylamine groups is 2. The van der Waals surface area contributed by atoms with Crippen molar-refractivity contribution in [1.82, 2.24) is 5.06 Å². The fraction of sp³-hybridized carbons (Fsp3) is 0.667. The zero-order chi connectivity index (χ0) is 15.0. The quantitative estimate of drug-likeness (QED) is 0.277. The van der Waals surface area contributed by atoms with Crippen molar-refractivity contribution in [2.75, 3.05) is 5.75 Å². The first-order valence-electron chi connectivity index (χ1n) is 6.33. The molecule has 0 radical (unpaired) electrons. The summed E-state index contributed by atoms with van der Waals surface area (Å²) in [6, 6.07) is 0. The largest absolute Gasteiger partial charge is 0.333 e. The van der Waals surface area contributed by atoms with E-state index in [0.29, 0.717) is 17.9 Å². The Labute approximate surface area is 125 Å². The second-order valence-electron chi connectivity index (χ2n) is 4.27. The van der Waals surface area contributed by atoms with Gasteiger partial charge in [-0.3, -0.25) is 9.59 Å². The number of carbonyl (C=O) groups is 4. The molecule has 1 saturated heterocycles. The zero-order valence-electron chi connectivity index (χ0n) is 11.2. The van der Waals surface area contributed by atoms with E-state index in [1.807, 2.05) is 6.92 Å². The molecule has 1 fully saturated rings. The van der Waals surface area contributed by atoms with Crippen molar-refractivity contribution >= 4 is 45.7 Å². The molecule has 2 amide bonds. The smallest absolute Gasteiger partial charge is 0.330 e. The van der Waals surface area contributed by atoms with Gasteiger partial charge in [0.25, 0.3) is 11.8 Å². The lowest BCUT2D eigenvalue weighted by atomic mass is 10.2. The summed E-state index contributed by atoms with van der Waals surface area (Å²) < 4.78 is 0. The summed E-state index contributed by atoms with van der Waals surface area (Å²) in [4.78, 5) is 48.9. The van der Waals surface area contributed by atoms with Gasteiger partial charge in [-0.15, -0.1) is 5.06 Å². The molecule has 0 N–H and O–H groups in total. The van der Waals surface area contributed by atoms with Gasteiger partial charge in [-0.1, -0.05) is 28.5 Å². The van der Waals surface area contributed by atoms with Crippen LogP contribution in [-0.4, -0.2) is 40.1 Å². The first kappa shape index (κ1) is 17.0. The number of imide groups is 1. The van der Waals surface area contributed by atoms with Crippen molar-refractivity contribution in [3.8, 4) is 0 Å². The molecule has 0 spiro atoms. The van der Waals surface area contributed by atoms with Crippen LogP contribution in [0, 0.1) is 0 Å². The van der Waals surface area contributed by atoms with E-state index in [1.165, 1.54) is 0 Å². The second kappa shape index (κ2) is 9.02. The van der Waals surface area contributed by atoms with Gasteiger partial charge < -0.3 is 9.63 Å². The molecule has 0 aromatic heterocycles. The summed E-state index contributed by atoms with van der Waals surface area (Å²) in [6.45, 7) is 1.97. The van der Waals surface area contributed by atoms with Gasteiger partial charge in [0.05, 0.1) is 0 Å². The monoisotopic (exact) mass is 319 g/mol. The fourth-order valence-corrected chi connectivity index (χ4v) is 3.73. The predicted octanol–water partition coefficient (Wildman–Crippen LogP) is 1.73. The Morgan fingerprint density at radius 2 is 2.05 bits per heavy atom. The van der Waals surface area contributed by atoms with Gasteiger partial charge in [0.15, 0.2) is 0 Å². The van der Waals surface area contributed by atoms with E-state index in [9.17, 15) is 19.2 Å². The molecule has 1 atom stereocenters. The van der Waals surface area contributed by atoms with Crippen molar-refractivity contribution < 1.29 is 24.0 Å². The minimum atomic E-state index is -0.570. The predicted molar refractivity (Wildman–Crippen MR) is 76.6 cm³/mol. The molecule has 1 aliphatic heterocycles. The van der Waals surface area contributed by atoms with Crippen molar-refractivity contribution in [3.05, 3.63) is 0 Å². The molecule has 0 bridgehead atoms. The maximum absolute atomic E-state index is 11.5. The summed E-state index contributed by atoms with van der Waals surface area (Å²) in [6.07, 6.45) is 2.34. The first-order valence-corrected chi connectivity index (χ1v) is 8.71. The Morgan fingerprint density at radius 3 is 2.65 bits per heavy atom. The maximum Gasteiger partial charge on any atom is 0.333 e. The van der Waals surface area contributed by atoms with Crippen LogP contribution in [0.2, 0.25) is 0 Å². The Bertz CT molecular complexity index is 372. The van der Waals surface area contributed by atoms with E-state index in [-0.39, 0.29) is 24.5 Å². The minimum absolute atomic E-state index is 0.103. The Hall–Kier alpha value is -1.02. The minimum Gasteiger partial charge on any atom is -0.330 e. The molecule has 1 heterocycles. The highest BCUT2D eigenvalue weighted by Gasteiger charge is 2.32. The van der Waals surface area contributed by atoms with Crippen molar-refractivity contribution in [3.63, 3.8) is 0 Å². The van der Waals surface area contributed by atoms with Crippen LogP contribution in [0.3, 0.4) is 0 Å². The van der Waals surface area contributed by atoms with Gasteiger partial charge in [-0.25, -0.2) is 4.79 Å². The molecule has 1 unspecified atom stereocenters. The van der Waals surface area contributed by atoms with E-state index in [2.05, 4.69) is 0 Å². The highest BCUT2D eigenvalue weighted by Crippen LogP contribution is 2.29. The van der Waals surface area contributed by atoms with Crippen molar-refractivity contribution in [2.45, 2.75) is 44.3 Å². The summed E-state index contributed by atoms with van der Waals surface area (Å²) in [7, 11) is 3.19. The molecule has 6 nitrogen and oxygen atoms in total. The number of rotatable bonds is 9. The van der Waals surface area contributed by atoms with Gasteiger partial charge in [-0.2, -0.15) is 0 Å². The van der Waals surface area contributed by atoms with E-state index in [1.54, 1.807) is 21.6 Å². The van der Waals surface area contributed by atoms with Crippen LogP contribution in [0.25, 0.3) is 0 Å².